The Bertz CT molecular complexity index is 944. The molecule has 158 valence electrons. The quantitative estimate of drug-likeness (QED) is 0.582. The van der Waals surface area contributed by atoms with E-state index in [1.54, 1.807) is 12.1 Å². The molecule has 2 heterocycles. The van der Waals surface area contributed by atoms with Gasteiger partial charge in [0.15, 0.2) is 0 Å². The maximum atomic E-state index is 13.1. The average molecular weight is 409 g/mol. The van der Waals surface area contributed by atoms with Gasteiger partial charge in [-0.2, -0.15) is 0 Å². The lowest BCUT2D eigenvalue weighted by atomic mass is 10.0. The van der Waals surface area contributed by atoms with Gasteiger partial charge in [0.1, 0.15) is 5.82 Å². The van der Waals surface area contributed by atoms with E-state index in [4.69, 9.17) is 4.42 Å². The molecule has 5 nitrogen and oxygen atoms in total. The van der Waals surface area contributed by atoms with Crippen LogP contribution >= 0.6 is 0 Å². The highest BCUT2D eigenvalue weighted by Crippen LogP contribution is 2.25. The lowest BCUT2D eigenvalue weighted by Gasteiger charge is -2.36. The lowest BCUT2D eigenvalue weighted by molar-refractivity contribution is 0.0876. The van der Waals surface area contributed by atoms with Crippen molar-refractivity contribution in [1.29, 1.82) is 0 Å². The molecule has 30 heavy (non-hydrogen) atoms. The van der Waals surface area contributed by atoms with Crippen molar-refractivity contribution >= 4 is 0 Å². The Hall–Kier alpha value is -2.57. The van der Waals surface area contributed by atoms with Gasteiger partial charge in [-0.05, 0) is 48.2 Å². The smallest absolute Gasteiger partial charge is 0.247 e. The number of aromatic nitrogens is 2. The fraction of sp³-hybridized carbons (Fsp3) is 0.417. The van der Waals surface area contributed by atoms with Gasteiger partial charge in [0.2, 0.25) is 11.8 Å². The van der Waals surface area contributed by atoms with Crippen LogP contribution in [-0.2, 0) is 6.54 Å². The van der Waals surface area contributed by atoms with E-state index in [-0.39, 0.29) is 11.9 Å². The van der Waals surface area contributed by atoms with Gasteiger partial charge in [-0.1, -0.05) is 38.1 Å². The van der Waals surface area contributed by atoms with E-state index in [2.05, 4.69) is 65.0 Å². The standard InChI is InChI=1S/C24H29FN4O/c1-17(2)20-6-4-19(5-7-20)16-28-12-14-29(15-13-28)18(3)23-26-27-24(30-23)21-8-10-22(25)11-9-21/h4-11,17-18H,12-16H2,1-3H3. The van der Waals surface area contributed by atoms with E-state index < -0.39 is 0 Å². The molecule has 1 aliphatic heterocycles. The number of benzene rings is 2. The van der Waals surface area contributed by atoms with Gasteiger partial charge >= 0.3 is 0 Å². The first-order valence-electron chi connectivity index (χ1n) is 10.6. The lowest BCUT2D eigenvalue weighted by Crippen LogP contribution is -2.46. The third kappa shape index (κ3) is 4.77. The fourth-order valence-electron chi connectivity index (χ4n) is 3.84. The summed E-state index contributed by atoms with van der Waals surface area (Å²) in [4.78, 5) is 4.87. The summed E-state index contributed by atoms with van der Waals surface area (Å²) < 4.78 is 19.0. The highest BCUT2D eigenvalue weighted by atomic mass is 19.1. The summed E-state index contributed by atoms with van der Waals surface area (Å²) in [5.74, 6) is 1.32. The number of hydrogen-bond donors (Lipinski definition) is 0. The molecule has 0 N–H and O–H groups in total. The molecule has 1 fully saturated rings. The summed E-state index contributed by atoms with van der Waals surface area (Å²) in [5.41, 5.74) is 3.48. The predicted octanol–water partition coefficient (Wildman–Crippen LogP) is 4.88. The molecule has 0 bridgehead atoms. The third-order valence-electron chi connectivity index (χ3n) is 5.90. The maximum absolute atomic E-state index is 13.1. The minimum Gasteiger partial charge on any atom is -0.419 e. The Morgan fingerprint density at radius 2 is 1.57 bits per heavy atom. The van der Waals surface area contributed by atoms with Crippen LogP contribution in [-0.4, -0.2) is 46.2 Å². The zero-order chi connectivity index (χ0) is 21.1. The molecular weight excluding hydrogens is 379 g/mol. The van der Waals surface area contributed by atoms with Gasteiger partial charge in [-0.25, -0.2) is 4.39 Å². The van der Waals surface area contributed by atoms with Crippen LogP contribution in [0.1, 0.15) is 49.7 Å². The monoisotopic (exact) mass is 408 g/mol. The molecule has 6 heteroatoms. The molecule has 1 atom stereocenters. The zero-order valence-electron chi connectivity index (χ0n) is 17.9. The largest absolute Gasteiger partial charge is 0.419 e. The van der Waals surface area contributed by atoms with Crippen LogP contribution in [0.5, 0.6) is 0 Å². The number of halogens is 1. The van der Waals surface area contributed by atoms with Crippen molar-refractivity contribution in [2.75, 3.05) is 26.2 Å². The summed E-state index contributed by atoms with van der Waals surface area (Å²) in [6, 6.07) is 15.2. The second-order valence-electron chi connectivity index (χ2n) is 8.34. The molecule has 2 aromatic carbocycles. The fourth-order valence-corrected chi connectivity index (χ4v) is 3.84. The zero-order valence-corrected chi connectivity index (χ0v) is 17.9. The molecule has 0 saturated carbocycles. The first kappa shape index (κ1) is 20.7. The van der Waals surface area contributed by atoms with Crippen LogP contribution in [0, 0.1) is 5.82 Å². The molecule has 3 aromatic rings. The highest BCUT2D eigenvalue weighted by Gasteiger charge is 2.26. The van der Waals surface area contributed by atoms with E-state index in [1.165, 1.54) is 23.3 Å². The highest BCUT2D eigenvalue weighted by molar-refractivity contribution is 5.52. The van der Waals surface area contributed by atoms with Crippen molar-refractivity contribution < 1.29 is 8.81 Å². The number of rotatable bonds is 6. The number of nitrogens with zero attached hydrogens (tertiary/aromatic N) is 4. The van der Waals surface area contributed by atoms with Gasteiger partial charge < -0.3 is 4.42 Å². The summed E-state index contributed by atoms with van der Waals surface area (Å²) in [5, 5.41) is 8.38. The Morgan fingerprint density at radius 3 is 2.20 bits per heavy atom. The van der Waals surface area contributed by atoms with Gasteiger partial charge in [-0.15, -0.1) is 10.2 Å². The van der Waals surface area contributed by atoms with Gasteiger partial charge in [0.05, 0.1) is 6.04 Å². The van der Waals surface area contributed by atoms with Crippen molar-refractivity contribution in [2.24, 2.45) is 0 Å². The third-order valence-corrected chi connectivity index (χ3v) is 5.90. The second-order valence-corrected chi connectivity index (χ2v) is 8.34. The summed E-state index contributed by atoms with van der Waals surface area (Å²) in [6.45, 7) is 11.5. The van der Waals surface area contributed by atoms with Crippen molar-refractivity contribution in [2.45, 2.75) is 39.3 Å². The topological polar surface area (TPSA) is 45.4 Å². The summed E-state index contributed by atoms with van der Waals surface area (Å²) >= 11 is 0. The van der Waals surface area contributed by atoms with Crippen molar-refractivity contribution in [3.05, 3.63) is 71.4 Å². The molecule has 0 spiro atoms. The second kappa shape index (κ2) is 9.06. The first-order chi connectivity index (χ1) is 14.5. The molecule has 1 aromatic heterocycles. The van der Waals surface area contributed by atoms with Crippen molar-refractivity contribution in [3.63, 3.8) is 0 Å². The molecular formula is C24H29FN4O. The SMILES string of the molecule is CC(C)c1ccc(CN2CCN(C(C)c3nnc(-c4ccc(F)cc4)o3)CC2)cc1. The molecule has 1 aliphatic rings. The molecule has 0 amide bonds. The average Bonchev–Trinajstić information content (AvgIpc) is 3.25. The maximum Gasteiger partial charge on any atom is 0.247 e. The van der Waals surface area contributed by atoms with Gasteiger partial charge in [0, 0.05) is 38.3 Å². The predicted molar refractivity (Wildman–Crippen MR) is 115 cm³/mol. The minimum absolute atomic E-state index is 0.0548. The normalized spacial score (nSPS) is 16.8. The Labute approximate surface area is 177 Å². The first-order valence-corrected chi connectivity index (χ1v) is 10.6. The number of piperazine rings is 1. The van der Waals surface area contributed by atoms with Crippen LogP contribution in [0.25, 0.3) is 11.5 Å². The van der Waals surface area contributed by atoms with Crippen LogP contribution in [0.15, 0.2) is 52.9 Å². The molecule has 1 unspecified atom stereocenters. The number of hydrogen-bond acceptors (Lipinski definition) is 5. The van der Waals surface area contributed by atoms with Crippen LogP contribution in [0.4, 0.5) is 4.39 Å². The summed E-state index contributed by atoms with van der Waals surface area (Å²) in [6.07, 6.45) is 0. The molecule has 0 aliphatic carbocycles. The van der Waals surface area contributed by atoms with Crippen LogP contribution < -0.4 is 0 Å². The van der Waals surface area contributed by atoms with Crippen LogP contribution in [0.2, 0.25) is 0 Å². The van der Waals surface area contributed by atoms with Crippen molar-refractivity contribution in [1.82, 2.24) is 20.0 Å². The van der Waals surface area contributed by atoms with Crippen molar-refractivity contribution in [3.8, 4) is 11.5 Å². The van der Waals surface area contributed by atoms with E-state index >= 15 is 0 Å². The van der Waals surface area contributed by atoms with E-state index in [1.807, 2.05) is 0 Å². The van der Waals surface area contributed by atoms with Crippen LogP contribution in [0.3, 0.4) is 0 Å². The van der Waals surface area contributed by atoms with Gasteiger partial charge in [0.25, 0.3) is 0 Å². The minimum atomic E-state index is -0.277. The Kier molecular flexibility index (Phi) is 6.25. The summed E-state index contributed by atoms with van der Waals surface area (Å²) in [7, 11) is 0. The molecule has 0 radical (unpaired) electrons. The van der Waals surface area contributed by atoms with E-state index in [9.17, 15) is 4.39 Å². The Morgan fingerprint density at radius 1 is 0.900 bits per heavy atom. The Balaban J connectivity index is 1.32. The van der Waals surface area contributed by atoms with E-state index in [0.717, 1.165) is 38.3 Å². The molecule has 1 saturated heterocycles. The van der Waals surface area contributed by atoms with Gasteiger partial charge in [-0.3, -0.25) is 9.80 Å². The van der Waals surface area contributed by atoms with E-state index in [0.29, 0.717) is 17.7 Å². The molecule has 4 rings (SSSR count).